The average molecular weight is 390 g/mol. The van der Waals surface area contributed by atoms with Crippen molar-refractivity contribution in [2.45, 2.75) is 38.0 Å². The number of unbranched alkanes of at least 4 members (excludes halogenated alkanes) is 1. The maximum atomic E-state index is 13.4. The van der Waals surface area contributed by atoms with Crippen molar-refractivity contribution in [1.82, 2.24) is 9.80 Å². The third kappa shape index (κ3) is 4.35. The van der Waals surface area contributed by atoms with E-state index in [9.17, 15) is 14.4 Å². The standard InChI is InChI=1S/C21H30N2O5/c1-5-6-11-22(2)18(24)14-21(16-9-7-8-10-17(16)28-4)15-19(25)23(20(21)26)12-13-27-3/h7-10H,5-6,11-15H2,1-4H3/t21-/m1/s1. The summed E-state index contributed by atoms with van der Waals surface area (Å²) >= 11 is 0. The predicted octanol–water partition coefficient (Wildman–Crippen LogP) is 1.99. The number of rotatable bonds is 10. The summed E-state index contributed by atoms with van der Waals surface area (Å²) in [5.41, 5.74) is -0.678. The third-order valence-corrected chi connectivity index (χ3v) is 5.28. The van der Waals surface area contributed by atoms with E-state index in [4.69, 9.17) is 9.47 Å². The Morgan fingerprint density at radius 1 is 1.25 bits per heavy atom. The summed E-state index contributed by atoms with van der Waals surface area (Å²) < 4.78 is 10.5. The van der Waals surface area contributed by atoms with Gasteiger partial charge in [-0.05, 0) is 12.5 Å². The maximum absolute atomic E-state index is 13.4. The van der Waals surface area contributed by atoms with Crippen molar-refractivity contribution < 1.29 is 23.9 Å². The molecule has 1 aromatic rings. The number of hydrogen-bond acceptors (Lipinski definition) is 5. The van der Waals surface area contributed by atoms with Gasteiger partial charge in [-0.25, -0.2) is 0 Å². The number of benzene rings is 1. The van der Waals surface area contributed by atoms with Crippen molar-refractivity contribution in [2.75, 3.05) is 41.0 Å². The summed E-state index contributed by atoms with van der Waals surface area (Å²) in [5.74, 6) is -0.316. The lowest BCUT2D eigenvalue weighted by molar-refractivity contribution is -0.143. The topological polar surface area (TPSA) is 76.2 Å². The van der Waals surface area contributed by atoms with Crippen LogP contribution in [-0.2, 0) is 24.5 Å². The number of carbonyl (C=O) groups is 3. The van der Waals surface area contributed by atoms with E-state index in [1.54, 1.807) is 36.2 Å². The van der Waals surface area contributed by atoms with Crippen LogP contribution in [0.1, 0.15) is 38.2 Å². The van der Waals surface area contributed by atoms with Gasteiger partial charge in [0.15, 0.2) is 0 Å². The van der Waals surface area contributed by atoms with Gasteiger partial charge in [0, 0.05) is 39.1 Å². The first kappa shape index (κ1) is 21.9. The minimum atomic E-state index is -1.25. The first-order chi connectivity index (χ1) is 13.4. The quantitative estimate of drug-likeness (QED) is 0.571. The molecule has 1 atom stereocenters. The molecule has 0 aromatic heterocycles. The number of para-hydroxylation sites is 1. The van der Waals surface area contributed by atoms with E-state index in [1.165, 1.54) is 19.1 Å². The molecule has 0 radical (unpaired) electrons. The Morgan fingerprint density at radius 2 is 1.96 bits per heavy atom. The SMILES string of the molecule is CCCCN(C)C(=O)C[C@]1(c2ccccc2OC)CC(=O)N(CCOC)C1=O. The molecule has 0 aliphatic carbocycles. The minimum absolute atomic E-state index is 0.0523. The van der Waals surface area contributed by atoms with Gasteiger partial charge in [-0.1, -0.05) is 31.5 Å². The molecule has 7 heteroatoms. The summed E-state index contributed by atoms with van der Waals surface area (Å²) in [6, 6.07) is 7.11. The maximum Gasteiger partial charge on any atom is 0.241 e. The van der Waals surface area contributed by atoms with Crippen LogP contribution >= 0.6 is 0 Å². The Kier molecular flexibility index (Phi) is 7.57. The van der Waals surface area contributed by atoms with Crippen LogP contribution in [0, 0.1) is 0 Å². The fourth-order valence-electron chi connectivity index (χ4n) is 3.61. The second kappa shape index (κ2) is 9.68. The molecule has 3 amide bonds. The highest BCUT2D eigenvalue weighted by molar-refractivity contribution is 6.11. The highest BCUT2D eigenvalue weighted by Gasteiger charge is 2.55. The molecule has 0 N–H and O–H groups in total. The van der Waals surface area contributed by atoms with E-state index in [2.05, 4.69) is 6.92 Å². The summed E-state index contributed by atoms with van der Waals surface area (Å²) in [7, 11) is 4.77. The Hall–Kier alpha value is -2.41. The zero-order valence-electron chi connectivity index (χ0n) is 17.2. The first-order valence-corrected chi connectivity index (χ1v) is 9.62. The second-order valence-electron chi connectivity index (χ2n) is 7.15. The molecule has 154 valence electrons. The second-order valence-corrected chi connectivity index (χ2v) is 7.15. The van der Waals surface area contributed by atoms with Gasteiger partial charge in [-0.3, -0.25) is 19.3 Å². The fourth-order valence-corrected chi connectivity index (χ4v) is 3.61. The lowest BCUT2D eigenvalue weighted by Crippen LogP contribution is -2.43. The number of imide groups is 1. The van der Waals surface area contributed by atoms with Crippen LogP contribution in [-0.4, -0.2) is 68.5 Å². The molecule has 1 aliphatic heterocycles. The monoisotopic (exact) mass is 390 g/mol. The van der Waals surface area contributed by atoms with Crippen LogP contribution < -0.4 is 4.74 Å². The van der Waals surface area contributed by atoms with E-state index in [0.29, 0.717) is 17.9 Å². The van der Waals surface area contributed by atoms with Gasteiger partial charge >= 0.3 is 0 Å². The molecule has 2 rings (SSSR count). The number of ether oxygens (including phenoxy) is 2. The average Bonchev–Trinajstić information content (AvgIpc) is 2.94. The van der Waals surface area contributed by atoms with E-state index < -0.39 is 5.41 Å². The number of amides is 3. The molecule has 0 spiro atoms. The highest BCUT2D eigenvalue weighted by Crippen LogP contribution is 2.44. The molecule has 1 aromatic carbocycles. The Labute approximate surface area is 166 Å². The molecular weight excluding hydrogens is 360 g/mol. The van der Waals surface area contributed by atoms with Crippen LogP contribution in [0.15, 0.2) is 24.3 Å². The zero-order chi connectivity index (χ0) is 20.7. The molecule has 0 saturated carbocycles. The van der Waals surface area contributed by atoms with E-state index >= 15 is 0 Å². The minimum Gasteiger partial charge on any atom is -0.496 e. The summed E-state index contributed by atoms with van der Waals surface area (Å²) in [6.45, 7) is 3.10. The van der Waals surface area contributed by atoms with E-state index in [1.807, 2.05) is 0 Å². The number of likely N-dealkylation sites (tertiary alicyclic amines) is 1. The molecule has 0 bridgehead atoms. The fraction of sp³-hybridized carbons (Fsp3) is 0.571. The van der Waals surface area contributed by atoms with Gasteiger partial charge in [-0.15, -0.1) is 0 Å². The Morgan fingerprint density at radius 3 is 2.61 bits per heavy atom. The molecule has 7 nitrogen and oxygen atoms in total. The Bertz CT molecular complexity index is 721. The van der Waals surface area contributed by atoms with Gasteiger partial charge in [0.1, 0.15) is 5.75 Å². The van der Waals surface area contributed by atoms with Gasteiger partial charge in [0.05, 0.1) is 25.7 Å². The normalized spacial score (nSPS) is 19.2. The van der Waals surface area contributed by atoms with Crippen LogP contribution in [0.4, 0.5) is 0 Å². The smallest absolute Gasteiger partial charge is 0.241 e. The molecule has 1 aliphatic rings. The van der Waals surface area contributed by atoms with Crippen LogP contribution in [0.2, 0.25) is 0 Å². The van der Waals surface area contributed by atoms with Gasteiger partial charge < -0.3 is 14.4 Å². The summed E-state index contributed by atoms with van der Waals surface area (Å²) in [4.78, 5) is 41.9. The van der Waals surface area contributed by atoms with Crippen LogP contribution in [0.25, 0.3) is 0 Å². The largest absolute Gasteiger partial charge is 0.496 e. The van der Waals surface area contributed by atoms with Crippen molar-refractivity contribution in [3.8, 4) is 5.75 Å². The molecule has 1 heterocycles. The van der Waals surface area contributed by atoms with E-state index in [-0.39, 0.29) is 43.7 Å². The van der Waals surface area contributed by atoms with Crippen LogP contribution in [0.5, 0.6) is 5.75 Å². The van der Waals surface area contributed by atoms with Crippen molar-refractivity contribution in [3.05, 3.63) is 29.8 Å². The molecular formula is C21H30N2O5. The van der Waals surface area contributed by atoms with Crippen molar-refractivity contribution in [3.63, 3.8) is 0 Å². The number of nitrogens with zero attached hydrogens (tertiary/aromatic N) is 2. The number of methoxy groups -OCH3 is 2. The van der Waals surface area contributed by atoms with Crippen molar-refractivity contribution >= 4 is 17.7 Å². The van der Waals surface area contributed by atoms with Gasteiger partial charge in [0.2, 0.25) is 17.7 Å². The molecule has 1 saturated heterocycles. The Balaban J connectivity index is 2.44. The lowest BCUT2D eigenvalue weighted by atomic mass is 9.75. The molecule has 28 heavy (non-hydrogen) atoms. The molecule has 0 unspecified atom stereocenters. The number of hydrogen-bond donors (Lipinski definition) is 0. The number of carbonyl (C=O) groups excluding carboxylic acids is 3. The third-order valence-electron chi connectivity index (χ3n) is 5.28. The van der Waals surface area contributed by atoms with Crippen LogP contribution in [0.3, 0.4) is 0 Å². The first-order valence-electron chi connectivity index (χ1n) is 9.62. The van der Waals surface area contributed by atoms with E-state index in [0.717, 1.165) is 12.8 Å². The summed E-state index contributed by atoms with van der Waals surface area (Å²) in [6.07, 6.45) is 1.74. The van der Waals surface area contributed by atoms with Crippen molar-refractivity contribution in [1.29, 1.82) is 0 Å². The van der Waals surface area contributed by atoms with Crippen molar-refractivity contribution in [2.24, 2.45) is 0 Å². The zero-order valence-corrected chi connectivity index (χ0v) is 17.2. The lowest BCUT2D eigenvalue weighted by Gasteiger charge is -2.30. The summed E-state index contributed by atoms with van der Waals surface area (Å²) in [5, 5.41) is 0. The highest BCUT2D eigenvalue weighted by atomic mass is 16.5. The van der Waals surface area contributed by atoms with Gasteiger partial charge in [-0.2, -0.15) is 0 Å². The molecule has 1 fully saturated rings. The predicted molar refractivity (Wildman–Crippen MR) is 105 cm³/mol. The van der Waals surface area contributed by atoms with Gasteiger partial charge in [0.25, 0.3) is 0 Å².